The second-order valence-electron chi connectivity index (χ2n) is 6.34. The fourth-order valence-corrected chi connectivity index (χ4v) is 4.46. The number of hydrogen-bond donors (Lipinski definition) is 2. The number of nitrogens with one attached hydrogen (secondary N) is 1. The molecule has 0 fully saturated rings. The lowest BCUT2D eigenvalue weighted by molar-refractivity contribution is -0.127. The Balaban J connectivity index is 1.74. The highest BCUT2D eigenvalue weighted by Crippen LogP contribution is 2.34. The Morgan fingerprint density at radius 1 is 1.19 bits per heavy atom. The van der Waals surface area contributed by atoms with Crippen molar-refractivity contribution in [3.63, 3.8) is 0 Å². The summed E-state index contributed by atoms with van der Waals surface area (Å²) in [5.74, 6) is -0.744. The number of pyridine rings is 1. The Hall–Kier alpha value is -3.20. The van der Waals surface area contributed by atoms with Crippen LogP contribution in [0.15, 0.2) is 68.0 Å². The molecule has 2 aliphatic heterocycles. The van der Waals surface area contributed by atoms with Gasteiger partial charge in [0, 0.05) is 24.4 Å². The van der Waals surface area contributed by atoms with Crippen LogP contribution in [0.5, 0.6) is 0 Å². The molecule has 3 heterocycles. The minimum atomic E-state index is -3.91. The van der Waals surface area contributed by atoms with E-state index < -0.39 is 22.0 Å². The highest BCUT2D eigenvalue weighted by molar-refractivity contribution is 7.90. The maximum absolute atomic E-state index is 13.0. The fraction of sp³-hybridized carbons (Fsp3) is 0.167. The monoisotopic (exact) mass is 385 g/mol. The van der Waals surface area contributed by atoms with Crippen molar-refractivity contribution < 1.29 is 18.3 Å². The number of fused-ring (bicyclic) bond motifs is 1. The molecule has 0 bridgehead atoms. The van der Waals surface area contributed by atoms with Crippen molar-refractivity contribution in [2.24, 2.45) is 4.40 Å². The van der Waals surface area contributed by atoms with Gasteiger partial charge < -0.3 is 15.0 Å². The summed E-state index contributed by atoms with van der Waals surface area (Å²) < 4.78 is 28.3. The van der Waals surface area contributed by atoms with Crippen molar-refractivity contribution >= 4 is 21.6 Å². The van der Waals surface area contributed by atoms with Crippen molar-refractivity contribution in [2.75, 3.05) is 0 Å². The maximum atomic E-state index is 13.0. The molecule has 138 valence electrons. The van der Waals surface area contributed by atoms with Crippen LogP contribution in [0, 0.1) is 0 Å². The molecule has 0 saturated heterocycles. The SMILES string of the molecule is C[C@H]1C(O)=C(C2=NS(=O)(=O)c3ccccc32)C(=O)N1Cc1ccc(=O)[nH]c1. The average Bonchev–Trinajstić information content (AvgIpc) is 3.02. The molecule has 0 unspecified atom stereocenters. The van der Waals surface area contributed by atoms with Crippen LogP contribution < -0.4 is 5.56 Å². The number of aliphatic hydroxyl groups is 1. The van der Waals surface area contributed by atoms with Crippen molar-refractivity contribution in [3.05, 3.63) is 75.4 Å². The van der Waals surface area contributed by atoms with Gasteiger partial charge in [-0.05, 0) is 18.6 Å². The molecule has 0 aliphatic carbocycles. The van der Waals surface area contributed by atoms with Crippen LogP contribution in [0.1, 0.15) is 18.1 Å². The number of aromatic nitrogens is 1. The molecule has 1 atom stereocenters. The van der Waals surface area contributed by atoms with Crippen molar-refractivity contribution in [2.45, 2.75) is 24.4 Å². The zero-order valence-electron chi connectivity index (χ0n) is 14.2. The molecule has 0 saturated carbocycles. The Bertz CT molecular complexity index is 1170. The Labute approximate surface area is 154 Å². The normalized spacial score (nSPS) is 20.8. The third-order valence-electron chi connectivity index (χ3n) is 4.66. The van der Waals surface area contributed by atoms with Gasteiger partial charge in [-0.2, -0.15) is 12.8 Å². The van der Waals surface area contributed by atoms with Gasteiger partial charge in [-0.3, -0.25) is 9.59 Å². The van der Waals surface area contributed by atoms with Crippen molar-refractivity contribution in [3.8, 4) is 0 Å². The molecular weight excluding hydrogens is 370 g/mol. The molecular formula is C18H15N3O5S. The number of H-pyrrole nitrogens is 1. The van der Waals surface area contributed by atoms with E-state index in [1.807, 2.05) is 0 Å². The van der Waals surface area contributed by atoms with Gasteiger partial charge >= 0.3 is 0 Å². The minimum absolute atomic E-state index is 0.0137. The van der Waals surface area contributed by atoms with Crippen LogP contribution in [-0.4, -0.2) is 41.1 Å². The van der Waals surface area contributed by atoms with Crippen LogP contribution >= 0.6 is 0 Å². The van der Waals surface area contributed by atoms with E-state index in [1.54, 1.807) is 31.2 Å². The van der Waals surface area contributed by atoms with E-state index in [9.17, 15) is 23.1 Å². The molecule has 4 rings (SSSR count). The summed E-state index contributed by atoms with van der Waals surface area (Å²) in [5.41, 5.74) is 0.559. The number of hydrogen-bond acceptors (Lipinski definition) is 5. The van der Waals surface area contributed by atoms with Gasteiger partial charge in [-0.15, -0.1) is 0 Å². The Kier molecular flexibility index (Phi) is 3.77. The van der Waals surface area contributed by atoms with Crippen LogP contribution in [-0.2, 0) is 21.4 Å². The van der Waals surface area contributed by atoms with E-state index in [0.717, 1.165) is 0 Å². The van der Waals surface area contributed by atoms with Gasteiger partial charge in [-0.25, -0.2) is 0 Å². The summed E-state index contributed by atoms with van der Waals surface area (Å²) in [6, 6.07) is 8.47. The number of aromatic amines is 1. The standard InChI is InChI=1S/C18H15N3O5S/c1-10-17(23)15(16-12-4-2-3-5-13(12)27(25,26)20-16)18(24)21(10)9-11-6-7-14(22)19-8-11/h2-8,10,23H,9H2,1H3,(H,19,22)/t10-/m0/s1. The first-order valence-electron chi connectivity index (χ1n) is 8.16. The highest BCUT2D eigenvalue weighted by atomic mass is 32.2. The quantitative estimate of drug-likeness (QED) is 0.820. The van der Waals surface area contributed by atoms with Gasteiger partial charge in [0.25, 0.3) is 15.9 Å². The van der Waals surface area contributed by atoms with Crippen LogP contribution in [0.25, 0.3) is 0 Å². The van der Waals surface area contributed by atoms with Gasteiger partial charge in [0.1, 0.15) is 17.0 Å². The molecule has 2 N–H and O–H groups in total. The van der Waals surface area contributed by atoms with Gasteiger partial charge in [0.2, 0.25) is 5.56 Å². The van der Waals surface area contributed by atoms with Gasteiger partial charge in [0.05, 0.1) is 10.9 Å². The number of carbonyl (C=O) groups is 1. The first-order chi connectivity index (χ1) is 12.8. The Morgan fingerprint density at radius 3 is 2.63 bits per heavy atom. The number of rotatable bonds is 3. The lowest BCUT2D eigenvalue weighted by Gasteiger charge is -2.22. The van der Waals surface area contributed by atoms with Crippen LogP contribution in [0.2, 0.25) is 0 Å². The molecule has 8 nitrogen and oxygen atoms in total. The smallest absolute Gasteiger partial charge is 0.283 e. The molecule has 0 radical (unpaired) electrons. The third-order valence-corrected chi connectivity index (χ3v) is 6.00. The zero-order chi connectivity index (χ0) is 19.3. The van der Waals surface area contributed by atoms with E-state index in [1.165, 1.54) is 23.2 Å². The van der Waals surface area contributed by atoms with Crippen molar-refractivity contribution in [1.29, 1.82) is 0 Å². The van der Waals surface area contributed by atoms with E-state index in [4.69, 9.17) is 0 Å². The molecule has 2 aromatic rings. The summed E-state index contributed by atoms with van der Waals surface area (Å²) in [6.07, 6.45) is 1.49. The zero-order valence-corrected chi connectivity index (χ0v) is 15.0. The lowest BCUT2D eigenvalue weighted by Crippen LogP contribution is -2.34. The van der Waals surface area contributed by atoms with E-state index in [-0.39, 0.29) is 34.0 Å². The van der Waals surface area contributed by atoms with E-state index in [0.29, 0.717) is 11.1 Å². The van der Waals surface area contributed by atoms with Gasteiger partial charge in [0.15, 0.2) is 0 Å². The minimum Gasteiger partial charge on any atom is -0.509 e. The number of aliphatic hydroxyl groups excluding tert-OH is 1. The van der Waals surface area contributed by atoms with Gasteiger partial charge in [-0.1, -0.05) is 24.3 Å². The second kappa shape index (κ2) is 5.92. The summed E-state index contributed by atoms with van der Waals surface area (Å²) in [5, 5.41) is 10.6. The topological polar surface area (TPSA) is 120 Å². The maximum Gasteiger partial charge on any atom is 0.283 e. The molecule has 1 amide bonds. The molecule has 0 spiro atoms. The number of nitrogens with zero attached hydrogens (tertiary/aromatic N) is 2. The third kappa shape index (κ3) is 2.67. The lowest BCUT2D eigenvalue weighted by atomic mass is 10.0. The summed E-state index contributed by atoms with van der Waals surface area (Å²) in [4.78, 5) is 28.1. The van der Waals surface area contributed by atoms with Crippen molar-refractivity contribution in [1.82, 2.24) is 9.88 Å². The van der Waals surface area contributed by atoms with E-state index >= 15 is 0 Å². The molecule has 1 aromatic carbocycles. The summed E-state index contributed by atoms with van der Waals surface area (Å²) in [7, 11) is -3.91. The average molecular weight is 385 g/mol. The number of amides is 1. The summed E-state index contributed by atoms with van der Waals surface area (Å²) >= 11 is 0. The molecule has 1 aromatic heterocycles. The predicted molar refractivity (Wildman–Crippen MR) is 96.9 cm³/mol. The largest absolute Gasteiger partial charge is 0.509 e. The number of benzene rings is 1. The molecule has 2 aliphatic rings. The Morgan fingerprint density at radius 2 is 1.93 bits per heavy atom. The number of carbonyl (C=O) groups excluding carboxylic acids is 1. The number of sulfonamides is 1. The first-order valence-corrected chi connectivity index (χ1v) is 9.60. The molecule has 27 heavy (non-hydrogen) atoms. The van der Waals surface area contributed by atoms with Crippen LogP contribution in [0.4, 0.5) is 0 Å². The highest BCUT2D eigenvalue weighted by Gasteiger charge is 2.43. The second-order valence-corrected chi connectivity index (χ2v) is 7.91. The predicted octanol–water partition coefficient (Wildman–Crippen LogP) is 1.11. The molecule has 9 heteroatoms. The fourth-order valence-electron chi connectivity index (χ4n) is 3.24. The summed E-state index contributed by atoms with van der Waals surface area (Å²) in [6.45, 7) is 1.79. The van der Waals surface area contributed by atoms with Crippen LogP contribution in [0.3, 0.4) is 0 Å². The van der Waals surface area contributed by atoms with E-state index in [2.05, 4.69) is 9.38 Å². The first kappa shape index (κ1) is 17.2.